The highest BCUT2D eigenvalue weighted by Crippen LogP contribution is 2.38. The first-order valence-electron chi connectivity index (χ1n) is 9.31. The summed E-state index contributed by atoms with van der Waals surface area (Å²) in [4.78, 5) is 4.75. The largest absolute Gasteiger partial charge is 0.308 e. The third kappa shape index (κ3) is 2.23. The highest BCUT2D eigenvalue weighted by atomic mass is 32.1. The quantitative estimate of drug-likeness (QED) is 0.316. The van der Waals surface area contributed by atoms with Gasteiger partial charge in [0, 0.05) is 26.4 Å². The number of pyridine rings is 1. The normalized spacial score (nSPS) is 11.6. The number of benzene rings is 3. The van der Waals surface area contributed by atoms with Crippen LogP contribution >= 0.6 is 11.3 Å². The maximum atomic E-state index is 4.75. The Bertz CT molecular complexity index is 1440. The van der Waals surface area contributed by atoms with Crippen LogP contribution in [-0.4, -0.2) is 9.55 Å². The van der Waals surface area contributed by atoms with Gasteiger partial charge in [-0.1, -0.05) is 48.5 Å². The van der Waals surface area contributed by atoms with Gasteiger partial charge in [-0.25, -0.2) is 0 Å². The summed E-state index contributed by atoms with van der Waals surface area (Å²) in [7, 11) is 0. The second kappa shape index (κ2) is 6.04. The number of nitrogens with zero attached hydrogens (tertiary/aromatic N) is 2. The van der Waals surface area contributed by atoms with Crippen molar-refractivity contribution in [1.29, 1.82) is 0 Å². The summed E-state index contributed by atoms with van der Waals surface area (Å²) in [6.07, 6.45) is 1.98. The summed E-state index contributed by atoms with van der Waals surface area (Å²) in [6.45, 7) is 0. The zero-order valence-electron chi connectivity index (χ0n) is 15.0. The van der Waals surface area contributed by atoms with Gasteiger partial charge in [-0.3, -0.25) is 4.98 Å². The van der Waals surface area contributed by atoms with E-state index in [-0.39, 0.29) is 0 Å². The number of para-hydroxylation sites is 1. The third-order valence-electron chi connectivity index (χ3n) is 5.34. The first-order chi connectivity index (χ1) is 13.9. The van der Waals surface area contributed by atoms with Crippen LogP contribution in [0.5, 0.6) is 0 Å². The molecule has 3 heteroatoms. The summed E-state index contributed by atoms with van der Waals surface area (Å²) in [5.74, 6) is 0. The lowest BCUT2D eigenvalue weighted by molar-refractivity contribution is 1.14. The van der Waals surface area contributed by atoms with Crippen molar-refractivity contribution < 1.29 is 0 Å². The van der Waals surface area contributed by atoms with Crippen molar-refractivity contribution in [2.24, 2.45) is 0 Å². The van der Waals surface area contributed by atoms with Crippen LogP contribution in [0.3, 0.4) is 0 Å². The summed E-state index contributed by atoms with van der Waals surface area (Å²) in [5, 5.41) is 6.10. The van der Waals surface area contributed by atoms with Gasteiger partial charge in [0.15, 0.2) is 0 Å². The van der Waals surface area contributed by atoms with Crippen LogP contribution in [0.25, 0.3) is 48.8 Å². The number of hydrogen-bond acceptors (Lipinski definition) is 2. The molecule has 3 heterocycles. The van der Waals surface area contributed by atoms with Crippen molar-refractivity contribution in [3.8, 4) is 16.9 Å². The Morgan fingerprint density at radius 3 is 2.39 bits per heavy atom. The van der Waals surface area contributed by atoms with Crippen molar-refractivity contribution >= 4 is 43.2 Å². The van der Waals surface area contributed by atoms with Gasteiger partial charge in [-0.2, -0.15) is 0 Å². The van der Waals surface area contributed by atoms with Gasteiger partial charge in [-0.05, 0) is 41.8 Å². The molecule has 2 nitrogen and oxygen atoms in total. The van der Waals surface area contributed by atoms with Crippen LogP contribution in [0.4, 0.5) is 0 Å². The van der Waals surface area contributed by atoms with Crippen molar-refractivity contribution in [1.82, 2.24) is 9.55 Å². The minimum absolute atomic E-state index is 0.991. The number of aromatic nitrogens is 2. The molecule has 0 amide bonds. The first-order valence-corrected chi connectivity index (χ1v) is 10.2. The lowest BCUT2D eigenvalue weighted by Gasteiger charge is -2.08. The second-order valence-electron chi connectivity index (χ2n) is 6.91. The summed E-state index contributed by atoms with van der Waals surface area (Å²) < 4.78 is 3.65. The Balaban J connectivity index is 1.63. The maximum Gasteiger partial charge on any atom is 0.0703 e. The zero-order chi connectivity index (χ0) is 18.5. The molecule has 0 saturated heterocycles. The van der Waals surface area contributed by atoms with E-state index in [0.29, 0.717) is 0 Å². The average Bonchev–Trinajstić information content (AvgIpc) is 3.36. The molecule has 6 aromatic rings. The van der Waals surface area contributed by atoms with E-state index in [0.717, 1.165) is 16.9 Å². The zero-order valence-corrected chi connectivity index (χ0v) is 15.9. The molecule has 0 atom stereocenters. The Morgan fingerprint density at radius 2 is 1.54 bits per heavy atom. The minimum Gasteiger partial charge on any atom is -0.308 e. The molecule has 3 aromatic carbocycles. The monoisotopic (exact) mass is 376 g/mol. The molecule has 0 unspecified atom stereocenters. The third-order valence-corrected chi connectivity index (χ3v) is 6.23. The topological polar surface area (TPSA) is 17.8 Å². The molecule has 3 aromatic heterocycles. The van der Waals surface area contributed by atoms with E-state index in [1.54, 1.807) is 11.3 Å². The Kier molecular flexibility index (Phi) is 3.37. The van der Waals surface area contributed by atoms with Gasteiger partial charge < -0.3 is 4.57 Å². The number of thiophene rings is 1. The van der Waals surface area contributed by atoms with Crippen molar-refractivity contribution in [2.45, 2.75) is 0 Å². The first kappa shape index (κ1) is 15.6. The van der Waals surface area contributed by atoms with Crippen molar-refractivity contribution in [2.75, 3.05) is 0 Å². The van der Waals surface area contributed by atoms with E-state index in [1.165, 1.54) is 31.9 Å². The second-order valence-corrected chi connectivity index (χ2v) is 7.86. The van der Waals surface area contributed by atoms with Gasteiger partial charge >= 0.3 is 0 Å². The Hall–Kier alpha value is -3.43. The van der Waals surface area contributed by atoms with Crippen LogP contribution in [0, 0.1) is 0 Å². The Morgan fingerprint density at radius 1 is 0.679 bits per heavy atom. The van der Waals surface area contributed by atoms with Crippen molar-refractivity contribution in [3.05, 3.63) is 96.5 Å². The fourth-order valence-corrected chi connectivity index (χ4v) is 4.88. The van der Waals surface area contributed by atoms with Crippen LogP contribution in [0.2, 0.25) is 0 Å². The van der Waals surface area contributed by atoms with Crippen LogP contribution in [0.15, 0.2) is 96.5 Å². The van der Waals surface area contributed by atoms with Crippen molar-refractivity contribution in [3.63, 3.8) is 0 Å². The summed E-state index contributed by atoms with van der Waals surface area (Å²) in [6, 6.07) is 29.9. The molecule has 0 fully saturated rings. The lowest BCUT2D eigenvalue weighted by atomic mass is 10.1. The van der Waals surface area contributed by atoms with Gasteiger partial charge in [0.25, 0.3) is 0 Å². The molecule has 0 N–H and O–H groups in total. The predicted molar refractivity (Wildman–Crippen MR) is 119 cm³/mol. The van der Waals surface area contributed by atoms with E-state index >= 15 is 0 Å². The van der Waals surface area contributed by atoms with E-state index in [4.69, 9.17) is 4.98 Å². The smallest absolute Gasteiger partial charge is 0.0703 e. The number of rotatable bonds is 2. The van der Waals surface area contributed by atoms with E-state index in [9.17, 15) is 0 Å². The molecule has 0 radical (unpaired) electrons. The number of fused-ring (bicyclic) bond motifs is 5. The summed E-state index contributed by atoms with van der Waals surface area (Å²) >= 11 is 1.79. The molecule has 0 spiro atoms. The predicted octanol–water partition coefficient (Wildman–Crippen LogP) is 7.06. The molecule has 28 heavy (non-hydrogen) atoms. The average molecular weight is 376 g/mol. The molecule has 0 saturated carbocycles. The SMILES string of the molecule is c1ccc(-c2ccc(-n3c4ccccc4c4c5ccsc5ccc43)cn2)cc1. The lowest BCUT2D eigenvalue weighted by Crippen LogP contribution is -1.95. The van der Waals surface area contributed by atoms with E-state index < -0.39 is 0 Å². The van der Waals surface area contributed by atoms with Gasteiger partial charge in [0.05, 0.1) is 28.6 Å². The highest BCUT2D eigenvalue weighted by molar-refractivity contribution is 7.17. The van der Waals surface area contributed by atoms with E-state index in [1.807, 2.05) is 24.4 Å². The molecule has 0 bridgehead atoms. The molecule has 0 aliphatic carbocycles. The minimum atomic E-state index is 0.991. The van der Waals surface area contributed by atoms with Crippen LogP contribution < -0.4 is 0 Å². The summed E-state index contributed by atoms with van der Waals surface area (Å²) in [5.41, 5.74) is 5.65. The van der Waals surface area contributed by atoms with Gasteiger partial charge in [0.2, 0.25) is 0 Å². The van der Waals surface area contributed by atoms with Gasteiger partial charge in [-0.15, -0.1) is 11.3 Å². The fraction of sp³-hybridized carbons (Fsp3) is 0. The van der Waals surface area contributed by atoms with Crippen LogP contribution in [-0.2, 0) is 0 Å². The molecule has 132 valence electrons. The molecule has 0 aliphatic heterocycles. The molecular formula is C25H16N2S. The standard InChI is InChI=1S/C25H16N2S/c1-2-6-17(7-3-1)21-11-10-18(16-26-21)27-22-9-5-4-8-19(22)25-20-14-15-28-24(20)13-12-23(25)27/h1-16H. The highest BCUT2D eigenvalue weighted by Gasteiger charge is 2.15. The molecule has 6 rings (SSSR count). The van der Waals surface area contributed by atoms with E-state index in [2.05, 4.69) is 76.7 Å². The fourth-order valence-electron chi connectivity index (χ4n) is 4.09. The Labute approximate surface area is 166 Å². The number of hydrogen-bond donors (Lipinski definition) is 0. The molecular weight excluding hydrogens is 360 g/mol. The van der Waals surface area contributed by atoms with Gasteiger partial charge in [0.1, 0.15) is 0 Å². The maximum absolute atomic E-state index is 4.75. The van der Waals surface area contributed by atoms with Crippen LogP contribution in [0.1, 0.15) is 0 Å². The molecule has 0 aliphatic rings.